The van der Waals surface area contributed by atoms with E-state index >= 15 is 0 Å². The summed E-state index contributed by atoms with van der Waals surface area (Å²) in [4.78, 5) is 2.43. The van der Waals surface area contributed by atoms with Gasteiger partial charge in [0, 0.05) is 24.7 Å². The molecular weight excluding hydrogens is 184 g/mol. The van der Waals surface area contributed by atoms with Crippen molar-refractivity contribution in [1.29, 1.82) is 0 Å². The van der Waals surface area contributed by atoms with E-state index in [1.165, 1.54) is 6.42 Å². The summed E-state index contributed by atoms with van der Waals surface area (Å²) < 4.78 is 0. The number of hydrogen-bond acceptors (Lipinski definition) is 2. The molecule has 0 aliphatic rings. The van der Waals surface area contributed by atoms with Gasteiger partial charge in [0.25, 0.3) is 0 Å². The van der Waals surface area contributed by atoms with E-state index in [1.54, 1.807) is 0 Å². The lowest BCUT2D eigenvalue weighted by Crippen LogP contribution is -2.43. The fourth-order valence-corrected chi connectivity index (χ4v) is 1.69. The van der Waals surface area contributed by atoms with Crippen molar-refractivity contribution in [3.8, 4) is 0 Å². The molecule has 0 heterocycles. The van der Waals surface area contributed by atoms with Crippen LogP contribution in [0.5, 0.6) is 0 Å². The molecule has 0 aliphatic heterocycles. The van der Waals surface area contributed by atoms with Crippen LogP contribution < -0.4 is 5.73 Å². The molecule has 90 valence electrons. The van der Waals surface area contributed by atoms with E-state index in [1.807, 2.05) is 6.08 Å². The molecule has 0 aromatic carbocycles. The van der Waals surface area contributed by atoms with Gasteiger partial charge in [0.15, 0.2) is 0 Å². The smallest absolute Gasteiger partial charge is 0.0165 e. The van der Waals surface area contributed by atoms with Crippen LogP contribution in [-0.4, -0.2) is 29.6 Å². The maximum absolute atomic E-state index is 6.02. The van der Waals surface area contributed by atoms with Crippen molar-refractivity contribution in [3.05, 3.63) is 12.7 Å². The number of rotatable bonds is 7. The summed E-state index contributed by atoms with van der Waals surface area (Å²) in [7, 11) is 0. The van der Waals surface area contributed by atoms with Gasteiger partial charge >= 0.3 is 0 Å². The second-order valence-electron chi connectivity index (χ2n) is 5.24. The van der Waals surface area contributed by atoms with Gasteiger partial charge < -0.3 is 5.73 Å². The highest BCUT2D eigenvalue weighted by Gasteiger charge is 2.19. The maximum Gasteiger partial charge on any atom is 0.0165 e. The molecule has 0 aromatic heterocycles. The fourth-order valence-electron chi connectivity index (χ4n) is 1.69. The zero-order valence-corrected chi connectivity index (χ0v) is 10.9. The first-order valence-electron chi connectivity index (χ1n) is 6.03. The van der Waals surface area contributed by atoms with Gasteiger partial charge in [-0.3, -0.25) is 4.90 Å². The molecule has 0 aliphatic carbocycles. The molecule has 0 amide bonds. The SMILES string of the molecule is C=CCN(CCC(N)CCC)C(C)(C)C. The lowest BCUT2D eigenvalue weighted by atomic mass is 10.0. The standard InChI is InChI=1S/C13H28N2/c1-6-8-12(14)9-11-15(10-7-2)13(3,4)5/h7,12H,2,6,8-11,14H2,1,3-5H3. The van der Waals surface area contributed by atoms with Crippen LogP contribution in [0.1, 0.15) is 47.0 Å². The van der Waals surface area contributed by atoms with Gasteiger partial charge in [-0.1, -0.05) is 19.4 Å². The maximum atomic E-state index is 6.02. The predicted octanol–water partition coefficient (Wildman–Crippen LogP) is 2.79. The monoisotopic (exact) mass is 212 g/mol. The van der Waals surface area contributed by atoms with E-state index in [-0.39, 0.29) is 5.54 Å². The highest BCUT2D eigenvalue weighted by Crippen LogP contribution is 2.14. The van der Waals surface area contributed by atoms with E-state index in [2.05, 4.69) is 39.2 Å². The zero-order chi connectivity index (χ0) is 11.9. The summed E-state index contributed by atoms with van der Waals surface area (Å²) >= 11 is 0. The van der Waals surface area contributed by atoms with E-state index in [9.17, 15) is 0 Å². The third-order valence-electron chi connectivity index (χ3n) is 2.73. The Bertz CT molecular complexity index is 170. The first kappa shape index (κ1) is 14.7. The molecule has 0 radical (unpaired) electrons. The molecule has 0 rings (SSSR count). The van der Waals surface area contributed by atoms with Crippen molar-refractivity contribution in [2.45, 2.75) is 58.5 Å². The van der Waals surface area contributed by atoms with Gasteiger partial charge in [0.2, 0.25) is 0 Å². The third-order valence-corrected chi connectivity index (χ3v) is 2.73. The molecular formula is C13H28N2. The zero-order valence-electron chi connectivity index (χ0n) is 10.9. The Morgan fingerprint density at radius 2 is 1.93 bits per heavy atom. The highest BCUT2D eigenvalue weighted by atomic mass is 15.2. The Morgan fingerprint density at radius 3 is 2.33 bits per heavy atom. The van der Waals surface area contributed by atoms with E-state index < -0.39 is 0 Å². The summed E-state index contributed by atoms with van der Waals surface area (Å²) in [5.74, 6) is 0. The summed E-state index contributed by atoms with van der Waals surface area (Å²) in [5.41, 5.74) is 6.23. The molecule has 0 spiro atoms. The van der Waals surface area contributed by atoms with Gasteiger partial charge in [-0.15, -0.1) is 6.58 Å². The predicted molar refractivity (Wildman–Crippen MR) is 69.0 cm³/mol. The number of nitrogens with zero attached hydrogens (tertiary/aromatic N) is 1. The Balaban J connectivity index is 4.01. The Morgan fingerprint density at radius 1 is 1.33 bits per heavy atom. The van der Waals surface area contributed by atoms with Crippen LogP contribution in [0, 0.1) is 0 Å². The molecule has 0 bridgehead atoms. The first-order valence-corrected chi connectivity index (χ1v) is 6.03. The molecule has 2 N–H and O–H groups in total. The molecule has 2 nitrogen and oxygen atoms in total. The Hall–Kier alpha value is -0.340. The Kier molecular flexibility index (Phi) is 6.86. The molecule has 0 aromatic rings. The lowest BCUT2D eigenvalue weighted by molar-refractivity contribution is 0.148. The minimum Gasteiger partial charge on any atom is -0.328 e. The molecule has 0 saturated carbocycles. The lowest BCUT2D eigenvalue weighted by Gasteiger charge is -2.35. The average Bonchev–Trinajstić information content (AvgIpc) is 2.10. The van der Waals surface area contributed by atoms with Crippen LogP contribution in [0.4, 0.5) is 0 Å². The minimum absolute atomic E-state index is 0.208. The van der Waals surface area contributed by atoms with Crippen LogP contribution in [0.2, 0.25) is 0 Å². The average molecular weight is 212 g/mol. The number of nitrogens with two attached hydrogens (primary N) is 1. The first-order chi connectivity index (χ1) is 6.91. The van der Waals surface area contributed by atoms with Crippen LogP contribution in [0.15, 0.2) is 12.7 Å². The Labute approximate surface area is 95.5 Å². The second kappa shape index (κ2) is 7.02. The molecule has 0 saturated heterocycles. The summed E-state index contributed by atoms with van der Waals surface area (Å²) in [6, 6.07) is 0.352. The fraction of sp³-hybridized carbons (Fsp3) is 0.846. The molecule has 15 heavy (non-hydrogen) atoms. The van der Waals surface area contributed by atoms with E-state index in [0.29, 0.717) is 6.04 Å². The molecule has 1 atom stereocenters. The summed E-state index contributed by atoms with van der Waals surface area (Å²) in [5, 5.41) is 0. The quantitative estimate of drug-likeness (QED) is 0.658. The highest BCUT2D eigenvalue weighted by molar-refractivity contribution is 4.83. The van der Waals surface area contributed by atoms with Gasteiger partial charge in [-0.25, -0.2) is 0 Å². The van der Waals surface area contributed by atoms with Crippen molar-refractivity contribution in [1.82, 2.24) is 4.90 Å². The van der Waals surface area contributed by atoms with Crippen molar-refractivity contribution < 1.29 is 0 Å². The van der Waals surface area contributed by atoms with E-state index in [0.717, 1.165) is 25.9 Å². The number of hydrogen-bond donors (Lipinski definition) is 1. The van der Waals surface area contributed by atoms with Crippen LogP contribution in [-0.2, 0) is 0 Å². The van der Waals surface area contributed by atoms with Crippen LogP contribution >= 0.6 is 0 Å². The summed E-state index contributed by atoms with van der Waals surface area (Å²) in [6.45, 7) is 14.7. The minimum atomic E-state index is 0.208. The molecule has 0 fully saturated rings. The van der Waals surface area contributed by atoms with Gasteiger partial charge in [-0.05, 0) is 33.6 Å². The molecule has 1 unspecified atom stereocenters. The topological polar surface area (TPSA) is 29.3 Å². The largest absolute Gasteiger partial charge is 0.328 e. The van der Waals surface area contributed by atoms with Crippen LogP contribution in [0.3, 0.4) is 0 Å². The normalized spacial score (nSPS) is 14.3. The van der Waals surface area contributed by atoms with Crippen molar-refractivity contribution in [3.63, 3.8) is 0 Å². The van der Waals surface area contributed by atoms with E-state index in [4.69, 9.17) is 5.73 Å². The van der Waals surface area contributed by atoms with Crippen molar-refractivity contribution in [2.24, 2.45) is 5.73 Å². The summed E-state index contributed by atoms with van der Waals surface area (Å²) in [6.07, 6.45) is 5.36. The van der Waals surface area contributed by atoms with Gasteiger partial charge in [0.1, 0.15) is 0 Å². The van der Waals surface area contributed by atoms with Gasteiger partial charge in [-0.2, -0.15) is 0 Å². The second-order valence-corrected chi connectivity index (χ2v) is 5.24. The van der Waals surface area contributed by atoms with Crippen LogP contribution in [0.25, 0.3) is 0 Å². The van der Waals surface area contributed by atoms with Crippen molar-refractivity contribution in [2.75, 3.05) is 13.1 Å². The van der Waals surface area contributed by atoms with Crippen molar-refractivity contribution >= 4 is 0 Å². The molecule has 2 heteroatoms. The van der Waals surface area contributed by atoms with Gasteiger partial charge in [0.05, 0.1) is 0 Å². The third kappa shape index (κ3) is 6.69.